The molecule has 3 aromatic rings. The van der Waals surface area contributed by atoms with Crippen molar-refractivity contribution in [2.75, 3.05) is 46.8 Å². The van der Waals surface area contributed by atoms with Crippen LogP contribution >= 0.6 is 23.2 Å². The molecule has 0 saturated carbocycles. The molecule has 0 aliphatic carbocycles. The van der Waals surface area contributed by atoms with Crippen LogP contribution in [-0.2, 0) is 14.2 Å². The average Bonchev–Trinajstić information content (AvgIpc) is 2.87. The van der Waals surface area contributed by atoms with Crippen LogP contribution in [0.15, 0.2) is 72.8 Å². The number of methoxy groups -OCH3 is 3. The number of halogens is 1. The standard InChI is InChI=1S/C25H29BrO6P/c1-27-17-30-20-10-4-7-13-23(20)33(16-26,24-14-8-5-11-21(24)31-18-28-2)25-15-9-6-12-22(25)32-19-29-3/h4-15H,16-19H2,1-3H3/q+1. The second-order valence-electron chi connectivity index (χ2n) is 6.99. The Labute approximate surface area is 204 Å². The number of hydrogen-bond acceptors (Lipinski definition) is 6. The highest BCUT2D eigenvalue weighted by molar-refractivity contribution is 9.10. The molecule has 0 unspecified atom stereocenters. The fourth-order valence-electron chi connectivity index (χ4n) is 3.63. The quantitative estimate of drug-likeness (QED) is 0.185. The molecule has 0 aliphatic rings. The number of rotatable bonds is 13. The molecule has 0 bridgehead atoms. The van der Waals surface area contributed by atoms with Gasteiger partial charge in [0.05, 0.1) is 0 Å². The van der Waals surface area contributed by atoms with E-state index < -0.39 is 7.26 Å². The fraction of sp³-hybridized carbons (Fsp3) is 0.280. The lowest BCUT2D eigenvalue weighted by Crippen LogP contribution is -2.35. The molecule has 6 nitrogen and oxygen atoms in total. The predicted octanol–water partition coefficient (Wildman–Crippen LogP) is 4.28. The summed E-state index contributed by atoms with van der Waals surface area (Å²) in [7, 11) is 2.43. The minimum absolute atomic E-state index is 0.142. The molecule has 0 saturated heterocycles. The molecule has 176 valence electrons. The van der Waals surface area contributed by atoms with Crippen LogP contribution < -0.4 is 30.1 Å². The first-order valence-corrected chi connectivity index (χ1v) is 13.4. The number of benzene rings is 3. The van der Waals surface area contributed by atoms with Gasteiger partial charge in [-0.25, -0.2) is 0 Å². The molecule has 0 N–H and O–H groups in total. The van der Waals surface area contributed by atoms with Gasteiger partial charge in [-0.1, -0.05) is 36.4 Å². The monoisotopic (exact) mass is 535 g/mol. The van der Waals surface area contributed by atoms with Crippen molar-refractivity contribution < 1.29 is 28.4 Å². The van der Waals surface area contributed by atoms with Gasteiger partial charge < -0.3 is 28.4 Å². The zero-order valence-electron chi connectivity index (χ0n) is 19.0. The van der Waals surface area contributed by atoms with Crippen LogP contribution in [0.3, 0.4) is 0 Å². The predicted molar refractivity (Wildman–Crippen MR) is 136 cm³/mol. The van der Waals surface area contributed by atoms with Crippen LogP contribution in [-0.4, -0.2) is 46.8 Å². The normalized spacial score (nSPS) is 11.3. The molecule has 0 atom stereocenters. The Kier molecular flexibility index (Phi) is 9.97. The molecule has 0 heterocycles. The molecular formula is C25H29BrO6P+. The molecule has 0 aromatic heterocycles. The third-order valence-electron chi connectivity index (χ3n) is 5.01. The van der Waals surface area contributed by atoms with E-state index >= 15 is 0 Å². The maximum absolute atomic E-state index is 6.03. The maximum atomic E-state index is 6.03. The molecule has 0 fully saturated rings. The van der Waals surface area contributed by atoms with Gasteiger partial charge in [0.15, 0.2) is 37.6 Å². The Morgan fingerprint density at radius 2 is 0.848 bits per heavy atom. The number of alkyl halides is 1. The van der Waals surface area contributed by atoms with Crippen molar-refractivity contribution in [3.8, 4) is 17.2 Å². The first-order valence-electron chi connectivity index (χ1n) is 10.3. The van der Waals surface area contributed by atoms with Gasteiger partial charge in [0.2, 0.25) is 0 Å². The van der Waals surface area contributed by atoms with Crippen molar-refractivity contribution in [2.24, 2.45) is 0 Å². The Balaban J connectivity index is 2.34. The van der Waals surface area contributed by atoms with E-state index in [-0.39, 0.29) is 20.4 Å². The van der Waals surface area contributed by atoms with E-state index in [0.717, 1.165) is 33.2 Å². The topological polar surface area (TPSA) is 55.4 Å². The molecule has 3 rings (SSSR count). The second-order valence-corrected chi connectivity index (χ2v) is 11.8. The Morgan fingerprint density at radius 3 is 1.12 bits per heavy atom. The van der Waals surface area contributed by atoms with Gasteiger partial charge in [0.1, 0.15) is 28.2 Å². The highest BCUT2D eigenvalue weighted by Crippen LogP contribution is 2.61. The summed E-state index contributed by atoms with van der Waals surface area (Å²) < 4.78 is 33.7. The summed E-state index contributed by atoms with van der Waals surface area (Å²) in [5.41, 5.74) is 0. The molecule has 0 aliphatic heterocycles. The maximum Gasteiger partial charge on any atom is 0.188 e. The minimum Gasteiger partial charge on any atom is -0.463 e. The largest absolute Gasteiger partial charge is 0.463 e. The van der Waals surface area contributed by atoms with Crippen molar-refractivity contribution >= 4 is 39.1 Å². The number of hydrogen-bond donors (Lipinski definition) is 0. The van der Waals surface area contributed by atoms with E-state index in [2.05, 4.69) is 34.1 Å². The summed E-state index contributed by atoms with van der Waals surface area (Å²) in [6.45, 7) is 0.425. The molecule has 33 heavy (non-hydrogen) atoms. The lowest BCUT2D eigenvalue weighted by molar-refractivity contribution is 0.0518. The zero-order valence-corrected chi connectivity index (χ0v) is 21.5. The summed E-state index contributed by atoms with van der Waals surface area (Å²) in [4.78, 5) is 0. The van der Waals surface area contributed by atoms with Crippen LogP contribution in [0.25, 0.3) is 0 Å². The van der Waals surface area contributed by atoms with E-state index in [1.807, 2.05) is 54.6 Å². The van der Waals surface area contributed by atoms with Crippen molar-refractivity contribution in [3.63, 3.8) is 0 Å². The highest BCUT2D eigenvalue weighted by atomic mass is 79.9. The SMILES string of the molecule is COCOc1ccccc1[P+](CBr)(c1ccccc1OCOC)c1ccccc1OCOC. The van der Waals surface area contributed by atoms with Gasteiger partial charge in [-0.3, -0.25) is 0 Å². The Hall–Kier alpha value is -2.15. The summed E-state index contributed by atoms with van der Waals surface area (Å²) in [5.74, 6) is 2.24. The molecular weight excluding hydrogens is 507 g/mol. The number of ether oxygens (including phenoxy) is 6. The average molecular weight is 536 g/mol. The van der Waals surface area contributed by atoms with Crippen LogP contribution in [0.5, 0.6) is 17.2 Å². The van der Waals surface area contributed by atoms with Crippen LogP contribution in [0.2, 0.25) is 0 Å². The summed E-state index contributed by atoms with van der Waals surface area (Å²) in [6.07, 6.45) is 0. The Morgan fingerprint density at radius 1 is 0.545 bits per heavy atom. The van der Waals surface area contributed by atoms with Crippen molar-refractivity contribution in [1.82, 2.24) is 0 Å². The smallest absolute Gasteiger partial charge is 0.188 e. The van der Waals surface area contributed by atoms with Gasteiger partial charge in [0.25, 0.3) is 0 Å². The first-order chi connectivity index (χ1) is 16.2. The van der Waals surface area contributed by atoms with Gasteiger partial charge in [-0.2, -0.15) is 0 Å². The Bertz CT molecular complexity index is 890. The third kappa shape index (κ3) is 5.68. The van der Waals surface area contributed by atoms with E-state index in [1.165, 1.54) is 0 Å². The van der Waals surface area contributed by atoms with Gasteiger partial charge >= 0.3 is 0 Å². The summed E-state index contributed by atoms with van der Waals surface area (Å²) >= 11 is 3.88. The van der Waals surface area contributed by atoms with Crippen LogP contribution in [0.4, 0.5) is 0 Å². The summed E-state index contributed by atoms with van der Waals surface area (Å²) in [6, 6.07) is 24.1. The van der Waals surface area contributed by atoms with Crippen LogP contribution in [0.1, 0.15) is 0 Å². The molecule has 0 spiro atoms. The first kappa shape index (κ1) is 25.5. The van der Waals surface area contributed by atoms with E-state index in [0.29, 0.717) is 5.07 Å². The van der Waals surface area contributed by atoms with E-state index in [4.69, 9.17) is 28.4 Å². The molecule has 3 aromatic carbocycles. The second kappa shape index (κ2) is 12.9. The van der Waals surface area contributed by atoms with E-state index in [1.54, 1.807) is 21.3 Å². The lowest BCUT2D eigenvalue weighted by Gasteiger charge is -2.29. The van der Waals surface area contributed by atoms with Gasteiger partial charge in [-0.05, 0) is 52.3 Å². The fourth-order valence-corrected chi connectivity index (χ4v) is 9.80. The molecule has 0 amide bonds. The molecule has 0 radical (unpaired) electrons. The van der Waals surface area contributed by atoms with Crippen LogP contribution in [0, 0.1) is 0 Å². The zero-order chi connectivity index (χ0) is 23.5. The van der Waals surface area contributed by atoms with Gasteiger partial charge in [0, 0.05) is 21.3 Å². The van der Waals surface area contributed by atoms with Crippen molar-refractivity contribution in [2.45, 2.75) is 0 Å². The van der Waals surface area contributed by atoms with Crippen molar-refractivity contribution in [1.29, 1.82) is 0 Å². The number of para-hydroxylation sites is 3. The minimum atomic E-state index is -2.39. The molecule has 8 heteroatoms. The van der Waals surface area contributed by atoms with Crippen molar-refractivity contribution in [3.05, 3.63) is 72.8 Å². The van der Waals surface area contributed by atoms with Gasteiger partial charge in [-0.15, -0.1) is 0 Å². The lowest BCUT2D eigenvalue weighted by atomic mass is 10.3. The highest BCUT2D eigenvalue weighted by Gasteiger charge is 2.51. The third-order valence-corrected chi connectivity index (χ3v) is 11.2. The van der Waals surface area contributed by atoms with E-state index in [9.17, 15) is 0 Å². The summed E-state index contributed by atoms with van der Waals surface area (Å²) in [5, 5.41) is 3.76.